The molecule has 126 valence electrons. The van der Waals surface area contributed by atoms with E-state index in [0.29, 0.717) is 5.82 Å². The Morgan fingerprint density at radius 2 is 1.92 bits per heavy atom. The van der Waals surface area contributed by atoms with Gasteiger partial charge in [-0.25, -0.2) is 0 Å². The molecule has 1 unspecified atom stereocenters. The number of ether oxygens (including phenoxy) is 1. The van der Waals surface area contributed by atoms with Crippen molar-refractivity contribution in [2.45, 2.75) is 31.8 Å². The van der Waals surface area contributed by atoms with E-state index in [2.05, 4.69) is 21.6 Å². The fourth-order valence-corrected chi connectivity index (χ4v) is 3.30. The number of para-hydroxylation sites is 1. The number of carbonyl (C=O) groups excluding carboxylic acids is 1. The molecule has 25 heavy (non-hydrogen) atoms. The lowest BCUT2D eigenvalue weighted by Gasteiger charge is -2.23. The third kappa shape index (κ3) is 3.15. The minimum Gasteiger partial charge on any atom is -0.457 e. The first kappa shape index (κ1) is 15.5. The van der Waals surface area contributed by atoms with Crippen LogP contribution in [0.2, 0.25) is 0 Å². The zero-order valence-corrected chi connectivity index (χ0v) is 13.7. The van der Waals surface area contributed by atoms with Gasteiger partial charge in [-0.3, -0.25) is 4.79 Å². The van der Waals surface area contributed by atoms with Gasteiger partial charge in [0.15, 0.2) is 12.4 Å². The minimum atomic E-state index is -0.213. The number of esters is 1. The van der Waals surface area contributed by atoms with Crippen molar-refractivity contribution >= 4 is 5.97 Å². The molecule has 1 aromatic heterocycles. The van der Waals surface area contributed by atoms with Gasteiger partial charge in [0, 0.05) is 0 Å². The van der Waals surface area contributed by atoms with Crippen LogP contribution in [0.4, 0.5) is 0 Å². The zero-order chi connectivity index (χ0) is 17.1. The van der Waals surface area contributed by atoms with Gasteiger partial charge in [0.05, 0.1) is 11.6 Å². The molecule has 0 radical (unpaired) electrons. The van der Waals surface area contributed by atoms with Crippen molar-refractivity contribution in [2.24, 2.45) is 0 Å². The van der Waals surface area contributed by atoms with Crippen molar-refractivity contribution in [1.82, 2.24) is 20.2 Å². The van der Waals surface area contributed by atoms with Crippen molar-refractivity contribution in [3.05, 3.63) is 71.5 Å². The van der Waals surface area contributed by atoms with Gasteiger partial charge >= 0.3 is 5.97 Å². The Hall–Kier alpha value is -3.02. The second kappa shape index (κ2) is 6.84. The lowest BCUT2D eigenvalue weighted by atomic mass is 9.83. The van der Waals surface area contributed by atoms with Crippen molar-refractivity contribution in [1.29, 1.82) is 0 Å². The van der Waals surface area contributed by atoms with E-state index >= 15 is 0 Å². The molecule has 0 fully saturated rings. The van der Waals surface area contributed by atoms with E-state index in [1.54, 1.807) is 4.68 Å². The summed E-state index contributed by atoms with van der Waals surface area (Å²) in [7, 11) is 0. The van der Waals surface area contributed by atoms with Crippen LogP contribution in [-0.4, -0.2) is 26.2 Å². The standard InChI is InChI=1S/C19H18N4O2/c24-19(17-12-6-8-14-7-4-5-11-16(14)17)25-13-18-20-21-22-23(18)15-9-2-1-3-10-15/h1-5,7,9-11,17H,6,8,12-13H2. The van der Waals surface area contributed by atoms with Gasteiger partial charge in [0.25, 0.3) is 0 Å². The van der Waals surface area contributed by atoms with Crippen LogP contribution < -0.4 is 0 Å². The van der Waals surface area contributed by atoms with Crippen LogP contribution in [0.3, 0.4) is 0 Å². The quantitative estimate of drug-likeness (QED) is 0.686. The largest absolute Gasteiger partial charge is 0.457 e. The molecular formula is C19H18N4O2. The number of fused-ring (bicyclic) bond motifs is 1. The predicted octanol–water partition coefficient (Wildman–Crippen LogP) is 2.83. The average molecular weight is 334 g/mol. The highest BCUT2D eigenvalue weighted by molar-refractivity contribution is 5.79. The molecule has 6 heteroatoms. The SMILES string of the molecule is O=C(OCc1nnnn1-c1ccccc1)C1CCCc2ccccc21. The van der Waals surface area contributed by atoms with E-state index in [4.69, 9.17) is 4.74 Å². The zero-order valence-electron chi connectivity index (χ0n) is 13.7. The number of tetrazole rings is 1. The van der Waals surface area contributed by atoms with E-state index < -0.39 is 0 Å². The first-order chi connectivity index (χ1) is 12.3. The molecule has 1 atom stereocenters. The smallest absolute Gasteiger partial charge is 0.313 e. The molecule has 0 amide bonds. The molecule has 0 saturated heterocycles. The summed E-state index contributed by atoms with van der Waals surface area (Å²) in [5, 5.41) is 11.7. The van der Waals surface area contributed by atoms with Crippen LogP contribution in [0.1, 0.15) is 35.7 Å². The molecule has 0 aliphatic heterocycles. The highest BCUT2D eigenvalue weighted by atomic mass is 16.5. The Bertz CT molecular complexity index is 876. The van der Waals surface area contributed by atoms with Gasteiger partial charge < -0.3 is 4.74 Å². The Balaban J connectivity index is 1.48. The molecular weight excluding hydrogens is 316 g/mol. The van der Waals surface area contributed by atoms with Crippen LogP contribution in [0.25, 0.3) is 5.69 Å². The third-order valence-electron chi connectivity index (χ3n) is 4.53. The molecule has 6 nitrogen and oxygen atoms in total. The number of nitrogens with zero attached hydrogens (tertiary/aromatic N) is 4. The van der Waals surface area contributed by atoms with Crippen molar-refractivity contribution in [3.63, 3.8) is 0 Å². The Labute approximate surface area is 145 Å². The molecule has 1 aliphatic rings. The Morgan fingerprint density at radius 1 is 1.12 bits per heavy atom. The van der Waals surface area contributed by atoms with Gasteiger partial charge in [0.2, 0.25) is 0 Å². The summed E-state index contributed by atoms with van der Waals surface area (Å²) in [5.74, 6) is 0.0874. The molecule has 4 rings (SSSR count). The molecule has 1 aliphatic carbocycles. The summed E-state index contributed by atoms with van der Waals surface area (Å²) >= 11 is 0. The molecule has 0 bridgehead atoms. The monoisotopic (exact) mass is 334 g/mol. The maximum atomic E-state index is 12.6. The fourth-order valence-electron chi connectivity index (χ4n) is 3.30. The van der Waals surface area contributed by atoms with Crippen LogP contribution in [0.5, 0.6) is 0 Å². The fraction of sp³-hybridized carbons (Fsp3) is 0.263. The van der Waals surface area contributed by atoms with Crippen LogP contribution in [-0.2, 0) is 22.6 Å². The summed E-state index contributed by atoms with van der Waals surface area (Å²) in [6, 6.07) is 17.6. The molecule has 3 aromatic rings. The lowest BCUT2D eigenvalue weighted by molar-refractivity contribution is -0.147. The van der Waals surface area contributed by atoms with Crippen molar-refractivity contribution in [2.75, 3.05) is 0 Å². The van der Waals surface area contributed by atoms with Crippen molar-refractivity contribution in [3.8, 4) is 5.69 Å². The number of aromatic nitrogens is 4. The van der Waals surface area contributed by atoms with E-state index in [1.807, 2.05) is 48.5 Å². The first-order valence-electron chi connectivity index (χ1n) is 8.40. The van der Waals surface area contributed by atoms with Crippen LogP contribution in [0.15, 0.2) is 54.6 Å². The summed E-state index contributed by atoms with van der Waals surface area (Å²) < 4.78 is 7.13. The van der Waals surface area contributed by atoms with Gasteiger partial charge in [-0.1, -0.05) is 42.5 Å². The van der Waals surface area contributed by atoms with Crippen LogP contribution in [0, 0.1) is 0 Å². The number of hydrogen-bond donors (Lipinski definition) is 0. The van der Waals surface area contributed by atoms with Gasteiger partial charge in [-0.05, 0) is 52.9 Å². The number of carbonyl (C=O) groups is 1. The summed E-state index contributed by atoms with van der Waals surface area (Å²) in [6.07, 6.45) is 2.84. The number of benzene rings is 2. The van der Waals surface area contributed by atoms with E-state index in [1.165, 1.54) is 5.56 Å². The number of aryl methyl sites for hydroxylation is 1. The normalized spacial score (nSPS) is 16.2. The predicted molar refractivity (Wildman–Crippen MR) is 91.1 cm³/mol. The van der Waals surface area contributed by atoms with Crippen LogP contribution >= 0.6 is 0 Å². The number of rotatable bonds is 4. The highest BCUT2D eigenvalue weighted by Crippen LogP contribution is 2.32. The summed E-state index contributed by atoms with van der Waals surface area (Å²) in [5.41, 5.74) is 3.16. The summed E-state index contributed by atoms with van der Waals surface area (Å²) in [6.45, 7) is 0.0550. The highest BCUT2D eigenvalue weighted by Gasteiger charge is 2.27. The maximum absolute atomic E-state index is 12.6. The molecule has 0 N–H and O–H groups in total. The number of hydrogen-bond acceptors (Lipinski definition) is 5. The average Bonchev–Trinajstić information content (AvgIpc) is 3.15. The summed E-state index contributed by atoms with van der Waals surface area (Å²) in [4.78, 5) is 12.6. The molecule has 1 heterocycles. The second-order valence-corrected chi connectivity index (χ2v) is 6.09. The molecule has 0 spiro atoms. The Kier molecular flexibility index (Phi) is 4.24. The van der Waals surface area contributed by atoms with Gasteiger partial charge in [-0.15, -0.1) is 5.10 Å². The lowest BCUT2D eigenvalue weighted by Crippen LogP contribution is -2.21. The third-order valence-corrected chi connectivity index (χ3v) is 4.53. The van der Waals surface area contributed by atoms with Crippen molar-refractivity contribution < 1.29 is 9.53 Å². The topological polar surface area (TPSA) is 69.9 Å². The second-order valence-electron chi connectivity index (χ2n) is 6.09. The van der Waals surface area contributed by atoms with Gasteiger partial charge in [0.1, 0.15) is 0 Å². The Morgan fingerprint density at radius 3 is 2.80 bits per heavy atom. The van der Waals surface area contributed by atoms with E-state index in [-0.39, 0.29) is 18.5 Å². The van der Waals surface area contributed by atoms with E-state index in [9.17, 15) is 4.79 Å². The molecule has 0 saturated carbocycles. The minimum absolute atomic E-state index is 0.0550. The van der Waals surface area contributed by atoms with Gasteiger partial charge in [-0.2, -0.15) is 4.68 Å². The molecule has 2 aromatic carbocycles. The first-order valence-corrected chi connectivity index (χ1v) is 8.40. The van der Waals surface area contributed by atoms with E-state index in [0.717, 1.165) is 30.5 Å². The maximum Gasteiger partial charge on any atom is 0.313 e.